The van der Waals surface area contributed by atoms with Gasteiger partial charge in [0.05, 0.1) is 12.5 Å². The average molecular weight is 329 g/mol. The number of hydrogen-bond donors (Lipinski definition) is 1. The van der Waals surface area contributed by atoms with E-state index in [9.17, 15) is 13.6 Å². The van der Waals surface area contributed by atoms with E-state index in [-0.39, 0.29) is 17.9 Å². The number of furan rings is 1. The number of rotatable bonds is 3. The summed E-state index contributed by atoms with van der Waals surface area (Å²) in [5, 5.41) is 7.05. The van der Waals surface area contributed by atoms with Gasteiger partial charge in [-0.25, -0.2) is 13.5 Å². The highest BCUT2D eigenvalue weighted by molar-refractivity contribution is 5.94. The highest BCUT2D eigenvalue weighted by Gasteiger charge is 2.31. The van der Waals surface area contributed by atoms with Gasteiger partial charge in [-0.15, -0.1) is 0 Å². The van der Waals surface area contributed by atoms with Crippen molar-refractivity contribution in [3.05, 3.63) is 71.3 Å². The Kier molecular flexibility index (Phi) is 3.41. The first-order valence-electron chi connectivity index (χ1n) is 7.44. The number of amides is 1. The summed E-state index contributed by atoms with van der Waals surface area (Å²) in [7, 11) is 0. The van der Waals surface area contributed by atoms with Crippen LogP contribution in [0.5, 0.6) is 0 Å². The SMILES string of the molecule is O=C1CC(c2ccc(F)cc2F)c2cnn(Cc3ccco3)c2N1. The topological polar surface area (TPSA) is 60.1 Å². The van der Waals surface area contributed by atoms with E-state index in [4.69, 9.17) is 4.42 Å². The average Bonchev–Trinajstić information content (AvgIpc) is 3.18. The molecule has 1 amide bonds. The van der Waals surface area contributed by atoms with Gasteiger partial charge in [-0.1, -0.05) is 6.07 Å². The quantitative estimate of drug-likeness (QED) is 0.802. The van der Waals surface area contributed by atoms with Crippen molar-refractivity contribution >= 4 is 11.7 Å². The lowest BCUT2D eigenvalue weighted by atomic mass is 9.87. The Balaban J connectivity index is 1.75. The van der Waals surface area contributed by atoms with Gasteiger partial charge in [-0.05, 0) is 23.8 Å². The van der Waals surface area contributed by atoms with Crippen molar-refractivity contribution in [1.29, 1.82) is 0 Å². The summed E-state index contributed by atoms with van der Waals surface area (Å²) < 4.78 is 34.2. The van der Waals surface area contributed by atoms with Gasteiger partial charge in [0, 0.05) is 24.0 Å². The van der Waals surface area contributed by atoms with Crippen molar-refractivity contribution < 1.29 is 18.0 Å². The molecule has 7 heteroatoms. The lowest BCUT2D eigenvalue weighted by Crippen LogP contribution is -2.25. The second kappa shape index (κ2) is 5.59. The zero-order valence-electron chi connectivity index (χ0n) is 12.5. The number of nitrogens with zero attached hydrogens (tertiary/aromatic N) is 2. The maximum atomic E-state index is 14.2. The number of nitrogens with one attached hydrogen (secondary N) is 1. The van der Waals surface area contributed by atoms with E-state index in [0.717, 1.165) is 6.07 Å². The molecule has 1 N–H and O–H groups in total. The zero-order chi connectivity index (χ0) is 16.7. The molecule has 3 heterocycles. The Hall–Kier alpha value is -2.96. The van der Waals surface area contributed by atoms with Crippen molar-refractivity contribution in [1.82, 2.24) is 9.78 Å². The van der Waals surface area contributed by atoms with Crippen molar-refractivity contribution in [2.45, 2.75) is 18.9 Å². The third-order valence-corrected chi connectivity index (χ3v) is 4.11. The molecule has 0 saturated carbocycles. The predicted octanol–water partition coefficient (Wildman–Crippen LogP) is 3.28. The second-order valence-corrected chi connectivity index (χ2v) is 5.66. The Labute approximate surface area is 135 Å². The van der Waals surface area contributed by atoms with Crippen LogP contribution >= 0.6 is 0 Å². The predicted molar refractivity (Wildman–Crippen MR) is 81.5 cm³/mol. The van der Waals surface area contributed by atoms with E-state index < -0.39 is 17.6 Å². The summed E-state index contributed by atoms with van der Waals surface area (Å²) >= 11 is 0. The molecule has 1 atom stereocenters. The fourth-order valence-corrected chi connectivity index (χ4v) is 3.00. The van der Waals surface area contributed by atoms with Gasteiger partial charge in [0.2, 0.25) is 5.91 Å². The molecule has 122 valence electrons. The van der Waals surface area contributed by atoms with E-state index in [0.29, 0.717) is 23.7 Å². The lowest BCUT2D eigenvalue weighted by molar-refractivity contribution is -0.116. The molecule has 0 saturated heterocycles. The van der Waals surface area contributed by atoms with E-state index in [1.54, 1.807) is 29.3 Å². The van der Waals surface area contributed by atoms with Crippen LogP contribution in [0.1, 0.15) is 29.2 Å². The number of halogens is 2. The highest BCUT2D eigenvalue weighted by atomic mass is 19.1. The van der Waals surface area contributed by atoms with Crippen LogP contribution in [0.2, 0.25) is 0 Å². The summed E-state index contributed by atoms with van der Waals surface area (Å²) in [6.07, 6.45) is 3.24. The standard InChI is InChI=1S/C17H13F2N3O2/c18-10-3-4-12(15(19)6-10)13-7-16(23)21-17-14(13)8-20-22(17)9-11-2-1-5-24-11/h1-6,8,13H,7,9H2,(H,21,23). The van der Waals surface area contributed by atoms with Gasteiger partial charge in [0.25, 0.3) is 0 Å². The Morgan fingerprint density at radius 2 is 2.17 bits per heavy atom. The molecule has 2 aromatic heterocycles. The van der Waals surface area contributed by atoms with Crippen molar-refractivity contribution in [2.24, 2.45) is 0 Å². The normalized spacial score (nSPS) is 16.8. The molecule has 3 aromatic rings. The number of benzene rings is 1. The molecule has 0 spiro atoms. The second-order valence-electron chi connectivity index (χ2n) is 5.66. The molecule has 1 aliphatic heterocycles. The minimum Gasteiger partial charge on any atom is -0.467 e. The van der Waals surface area contributed by atoms with Crippen LogP contribution in [0.4, 0.5) is 14.6 Å². The van der Waals surface area contributed by atoms with Gasteiger partial charge >= 0.3 is 0 Å². The number of aromatic nitrogens is 2. The third-order valence-electron chi connectivity index (χ3n) is 4.11. The van der Waals surface area contributed by atoms with Crippen LogP contribution in [0.15, 0.2) is 47.2 Å². The van der Waals surface area contributed by atoms with Crippen molar-refractivity contribution in [3.63, 3.8) is 0 Å². The Morgan fingerprint density at radius 1 is 1.29 bits per heavy atom. The first kappa shape index (κ1) is 14.6. The summed E-state index contributed by atoms with van der Waals surface area (Å²) in [6.45, 7) is 0.348. The molecule has 0 radical (unpaired) electrons. The summed E-state index contributed by atoms with van der Waals surface area (Å²) in [5.74, 6) is -0.858. The molecule has 1 aromatic carbocycles. The molecular weight excluding hydrogens is 316 g/mol. The van der Waals surface area contributed by atoms with Crippen LogP contribution in [0, 0.1) is 11.6 Å². The van der Waals surface area contributed by atoms with Crippen LogP contribution in [0.25, 0.3) is 0 Å². The van der Waals surface area contributed by atoms with Crippen molar-refractivity contribution in [2.75, 3.05) is 5.32 Å². The van der Waals surface area contributed by atoms with Crippen LogP contribution in [0.3, 0.4) is 0 Å². The Bertz CT molecular complexity index is 903. The van der Waals surface area contributed by atoms with Crippen LogP contribution in [-0.2, 0) is 11.3 Å². The van der Waals surface area contributed by atoms with Gasteiger partial charge in [0.1, 0.15) is 29.8 Å². The minimum absolute atomic E-state index is 0.0853. The highest BCUT2D eigenvalue weighted by Crippen LogP contribution is 2.38. The van der Waals surface area contributed by atoms with Crippen LogP contribution in [-0.4, -0.2) is 15.7 Å². The molecule has 0 bridgehead atoms. The molecule has 4 rings (SSSR count). The number of carbonyl (C=O) groups excluding carboxylic acids is 1. The minimum atomic E-state index is -0.667. The first-order valence-corrected chi connectivity index (χ1v) is 7.44. The molecule has 0 aliphatic carbocycles. The zero-order valence-corrected chi connectivity index (χ0v) is 12.5. The lowest BCUT2D eigenvalue weighted by Gasteiger charge is -2.24. The van der Waals surface area contributed by atoms with Crippen LogP contribution < -0.4 is 5.32 Å². The van der Waals surface area contributed by atoms with Gasteiger partial charge in [-0.3, -0.25) is 4.79 Å². The molecule has 0 fully saturated rings. The maximum absolute atomic E-state index is 14.2. The molecule has 1 aliphatic rings. The van der Waals surface area contributed by atoms with Gasteiger partial charge in [-0.2, -0.15) is 5.10 Å². The maximum Gasteiger partial charge on any atom is 0.226 e. The molecule has 5 nitrogen and oxygen atoms in total. The number of fused-ring (bicyclic) bond motifs is 1. The van der Waals surface area contributed by atoms with Gasteiger partial charge < -0.3 is 9.73 Å². The van der Waals surface area contributed by atoms with E-state index in [2.05, 4.69) is 10.4 Å². The van der Waals surface area contributed by atoms with Gasteiger partial charge in [0.15, 0.2) is 0 Å². The molecular formula is C17H13F2N3O2. The fraction of sp³-hybridized carbons (Fsp3) is 0.176. The smallest absolute Gasteiger partial charge is 0.226 e. The fourth-order valence-electron chi connectivity index (χ4n) is 3.00. The van der Waals surface area contributed by atoms with E-state index in [1.165, 1.54) is 12.1 Å². The number of anilines is 1. The van der Waals surface area contributed by atoms with Crippen molar-refractivity contribution in [3.8, 4) is 0 Å². The third kappa shape index (κ3) is 2.47. The van der Waals surface area contributed by atoms with E-state index >= 15 is 0 Å². The first-order chi connectivity index (χ1) is 11.6. The number of hydrogen-bond acceptors (Lipinski definition) is 3. The molecule has 1 unspecified atom stereocenters. The Morgan fingerprint density at radius 3 is 2.92 bits per heavy atom. The van der Waals surface area contributed by atoms with E-state index in [1.807, 2.05) is 0 Å². The summed E-state index contributed by atoms with van der Waals surface area (Å²) in [4.78, 5) is 12.1. The monoisotopic (exact) mass is 329 g/mol. The summed E-state index contributed by atoms with van der Waals surface area (Å²) in [5.41, 5.74) is 0.983. The number of carbonyl (C=O) groups is 1. The molecule has 24 heavy (non-hydrogen) atoms. The summed E-state index contributed by atoms with van der Waals surface area (Å²) in [6, 6.07) is 6.96. The largest absolute Gasteiger partial charge is 0.467 e.